The summed E-state index contributed by atoms with van der Waals surface area (Å²) < 4.78 is 26.3. The van der Waals surface area contributed by atoms with Gasteiger partial charge in [-0.1, -0.05) is 139 Å². The summed E-state index contributed by atoms with van der Waals surface area (Å²) in [5, 5.41) is 8.93. The van der Waals surface area contributed by atoms with Gasteiger partial charge in [-0.25, -0.2) is 0 Å². The molecular weight excluding hydrogens is 979 g/mol. The number of unbranched alkanes of at least 4 members (excludes halogenated alkanes) is 4. The fraction of sp³-hybridized carbons (Fsp3) is 0.253. The van der Waals surface area contributed by atoms with E-state index >= 15 is 0 Å². The summed E-state index contributed by atoms with van der Waals surface area (Å²) in [4.78, 5) is 4.26. The van der Waals surface area contributed by atoms with Crippen molar-refractivity contribution in [1.82, 2.24) is 4.98 Å². The lowest BCUT2D eigenvalue weighted by atomic mass is 9.83. The number of hydrogen-bond donors (Lipinski definition) is 1. The van der Waals surface area contributed by atoms with E-state index in [1.165, 1.54) is 78.2 Å². The van der Waals surface area contributed by atoms with Crippen molar-refractivity contribution in [3.05, 3.63) is 191 Å². The van der Waals surface area contributed by atoms with Crippen LogP contribution in [0, 0.1) is 0 Å². The van der Waals surface area contributed by atoms with E-state index in [1.54, 1.807) is 0 Å². The monoisotopic (exact) mass is 1050 g/mol. The van der Waals surface area contributed by atoms with Gasteiger partial charge in [-0.2, -0.15) is 0 Å². The van der Waals surface area contributed by atoms with Crippen LogP contribution in [0.5, 0.6) is 0 Å². The topological polar surface area (TPSA) is 68.3 Å². The van der Waals surface area contributed by atoms with Crippen molar-refractivity contribution in [2.45, 2.75) is 125 Å². The van der Waals surface area contributed by atoms with Gasteiger partial charge in [0.05, 0.1) is 0 Å². The predicted molar refractivity (Wildman–Crippen MR) is 339 cm³/mol. The molecule has 0 bridgehead atoms. The Labute approximate surface area is 469 Å². The molecule has 80 heavy (non-hydrogen) atoms. The van der Waals surface area contributed by atoms with Gasteiger partial charge in [0, 0.05) is 66.6 Å². The van der Waals surface area contributed by atoms with Crippen molar-refractivity contribution >= 4 is 98.9 Å². The first kappa shape index (κ1) is 51.2. The molecule has 0 aliphatic heterocycles. The molecule has 13 rings (SSSR count). The van der Waals surface area contributed by atoms with Crippen molar-refractivity contribution in [3.8, 4) is 33.5 Å². The van der Waals surface area contributed by atoms with E-state index in [-0.39, 0.29) is 0 Å². The van der Waals surface area contributed by atoms with Crippen LogP contribution < -0.4 is 0 Å². The number of fused-ring (bicyclic) bond motifs is 12. The molecule has 5 nitrogen and oxygen atoms in total. The van der Waals surface area contributed by atoms with Gasteiger partial charge in [-0.15, -0.1) is 0 Å². The van der Waals surface area contributed by atoms with E-state index in [2.05, 4.69) is 204 Å². The summed E-state index contributed by atoms with van der Waals surface area (Å²) in [7, 11) is 0. The van der Waals surface area contributed by atoms with Crippen molar-refractivity contribution < 1.29 is 17.7 Å². The summed E-state index contributed by atoms with van der Waals surface area (Å²) in [6.45, 7) is 14.1. The van der Waals surface area contributed by atoms with Gasteiger partial charge in [0.2, 0.25) is 0 Å². The average molecular weight is 1050 g/mol. The molecule has 0 radical (unpaired) electrons. The quantitative estimate of drug-likeness (QED) is 0.0820. The lowest BCUT2D eigenvalue weighted by Gasteiger charge is -2.22. The average Bonchev–Trinajstić information content (AvgIpc) is 4.36. The first-order chi connectivity index (χ1) is 39.3. The Morgan fingerprint density at radius 3 is 1.25 bits per heavy atom. The number of benzene rings is 8. The highest BCUT2D eigenvalue weighted by molar-refractivity contribution is 6.17. The molecule has 5 heterocycles. The highest BCUT2D eigenvalue weighted by Crippen LogP contribution is 2.45. The Bertz CT molecular complexity index is 4510. The Kier molecular flexibility index (Phi) is 13.9. The maximum Gasteiger partial charge on any atom is 0.139 e. The second-order valence-electron chi connectivity index (χ2n) is 22.3. The lowest BCUT2D eigenvalue weighted by Crippen LogP contribution is -2.03. The first-order valence-electron chi connectivity index (χ1n) is 29.8. The van der Waals surface area contributed by atoms with Gasteiger partial charge in [0.25, 0.3) is 0 Å². The summed E-state index contributed by atoms with van der Waals surface area (Å²) in [5.41, 5.74) is 25.5. The van der Waals surface area contributed by atoms with Crippen molar-refractivity contribution in [2.75, 3.05) is 0 Å². The Balaban J connectivity index is 0.956. The summed E-state index contributed by atoms with van der Waals surface area (Å²) in [6, 6.07) is 56.8. The van der Waals surface area contributed by atoms with Crippen LogP contribution in [0.2, 0.25) is 0 Å². The van der Waals surface area contributed by atoms with Gasteiger partial charge in [0.15, 0.2) is 0 Å². The van der Waals surface area contributed by atoms with E-state index < -0.39 is 0 Å². The van der Waals surface area contributed by atoms with E-state index in [0.29, 0.717) is 0 Å². The molecular formula is C75H71NO4. The largest absolute Gasteiger partial charge is 0.456 e. The van der Waals surface area contributed by atoms with Gasteiger partial charge >= 0.3 is 0 Å². The molecule has 0 amide bonds. The maximum absolute atomic E-state index is 6.65. The molecule has 0 saturated heterocycles. The van der Waals surface area contributed by atoms with Crippen LogP contribution in [-0.4, -0.2) is 4.98 Å². The molecule has 0 aliphatic rings. The van der Waals surface area contributed by atoms with Crippen LogP contribution in [0.1, 0.15) is 135 Å². The zero-order valence-corrected chi connectivity index (χ0v) is 47.3. The molecule has 1 N–H and O–H groups in total. The highest BCUT2D eigenvalue weighted by atomic mass is 16.3. The number of H-pyrrole nitrogens is 1. The lowest BCUT2D eigenvalue weighted by molar-refractivity contribution is 0.655. The fourth-order valence-corrected chi connectivity index (χ4v) is 13.0. The molecule has 5 aromatic heterocycles. The zero-order chi connectivity index (χ0) is 54.4. The predicted octanol–water partition coefficient (Wildman–Crippen LogP) is 23.3. The van der Waals surface area contributed by atoms with Crippen molar-refractivity contribution in [1.29, 1.82) is 0 Å². The Morgan fingerprint density at radius 2 is 0.775 bits per heavy atom. The standard InChI is InChI=1S/C75H71NO4/c1-7-12-26-54(55(27-13-8-2)53(11-5)51-32-36-68-60(40-51)64-42-62-58-38-49(47-22-18-16-19-23-47)30-34-66(58)77-70(62)44-72(64)79-68)46(6)74-56(28-14-9-3)57(29-15-10-4)75(76-74)52-33-37-69-61(41-52)65-43-63-59-39-50(48-24-20-17-21-25-48)31-35-67(59)78-71(63)45-73(65)80-69/h16-25,30-45,76H,7-15,26-29H2,1-6H3/b54-46+,55-53+. The molecule has 0 fully saturated rings. The second-order valence-corrected chi connectivity index (χ2v) is 22.3. The number of aromatic nitrogens is 1. The van der Waals surface area contributed by atoms with Gasteiger partial charge < -0.3 is 22.7 Å². The number of aromatic amines is 1. The Morgan fingerprint density at radius 1 is 0.362 bits per heavy atom. The van der Waals surface area contributed by atoms with Crippen LogP contribution in [-0.2, 0) is 12.8 Å². The zero-order valence-electron chi connectivity index (χ0n) is 47.3. The summed E-state index contributed by atoms with van der Waals surface area (Å²) in [6.07, 6.45) is 14.1. The number of hydrogen-bond acceptors (Lipinski definition) is 4. The first-order valence-corrected chi connectivity index (χ1v) is 29.8. The van der Waals surface area contributed by atoms with E-state index in [1.807, 2.05) is 0 Å². The number of allylic oxidation sites excluding steroid dienone is 4. The number of rotatable bonds is 19. The third-order valence-electron chi connectivity index (χ3n) is 17.2. The molecule has 0 unspecified atom stereocenters. The van der Waals surface area contributed by atoms with Crippen LogP contribution >= 0.6 is 0 Å². The smallest absolute Gasteiger partial charge is 0.139 e. The van der Waals surface area contributed by atoms with Crippen molar-refractivity contribution in [3.63, 3.8) is 0 Å². The SMILES string of the molecule is CCCCC(/C(CCCC)=C(\C)c1[nH]c(-c2ccc3oc4cc5oc6ccc(-c7ccccc7)cc6c5cc4c3c2)c(CCCC)c1CCCC)=C(/CC)c1ccc2oc3cc4oc5ccc(-c6ccccc6)cc5c4cc3c2c1. The third kappa shape index (κ3) is 9.15. The second kappa shape index (κ2) is 21.7. The fourth-order valence-electron chi connectivity index (χ4n) is 13.0. The molecule has 8 aromatic carbocycles. The molecule has 0 atom stereocenters. The molecule has 0 aliphatic carbocycles. The van der Waals surface area contributed by atoms with Gasteiger partial charge in [-0.3, -0.25) is 0 Å². The van der Waals surface area contributed by atoms with Crippen molar-refractivity contribution in [2.24, 2.45) is 0 Å². The van der Waals surface area contributed by atoms with E-state index in [4.69, 9.17) is 17.7 Å². The number of nitrogens with one attached hydrogen (secondary N) is 1. The summed E-state index contributed by atoms with van der Waals surface area (Å²) in [5.74, 6) is 0. The van der Waals surface area contributed by atoms with Crippen LogP contribution in [0.25, 0.3) is 132 Å². The molecule has 5 heteroatoms. The third-order valence-corrected chi connectivity index (χ3v) is 17.2. The Hall–Kier alpha value is -8.28. The summed E-state index contributed by atoms with van der Waals surface area (Å²) >= 11 is 0. The minimum absolute atomic E-state index is 0.839. The van der Waals surface area contributed by atoms with Crippen LogP contribution in [0.4, 0.5) is 0 Å². The molecule has 0 saturated carbocycles. The molecule has 400 valence electrons. The van der Waals surface area contributed by atoms with E-state index in [0.717, 1.165) is 171 Å². The normalized spacial score (nSPS) is 12.9. The molecule has 13 aromatic rings. The molecule has 0 spiro atoms. The van der Waals surface area contributed by atoms with Crippen LogP contribution in [0.15, 0.2) is 187 Å². The number of furan rings is 4. The minimum Gasteiger partial charge on any atom is -0.456 e. The maximum atomic E-state index is 6.65. The van der Waals surface area contributed by atoms with Gasteiger partial charge in [-0.05, 0) is 198 Å². The van der Waals surface area contributed by atoms with Crippen LogP contribution in [0.3, 0.4) is 0 Å². The minimum atomic E-state index is 0.839. The highest BCUT2D eigenvalue weighted by Gasteiger charge is 2.25. The van der Waals surface area contributed by atoms with E-state index in [9.17, 15) is 0 Å². The van der Waals surface area contributed by atoms with Gasteiger partial charge in [0.1, 0.15) is 44.7 Å².